The zero-order chi connectivity index (χ0) is 16.5. The van der Waals surface area contributed by atoms with Gasteiger partial charge in [-0.15, -0.1) is 0 Å². The Bertz CT molecular complexity index is 897. The lowest BCUT2D eigenvalue weighted by molar-refractivity contribution is 0.454. The summed E-state index contributed by atoms with van der Waals surface area (Å²) in [5.41, 5.74) is 9.07. The summed E-state index contributed by atoms with van der Waals surface area (Å²) >= 11 is 0. The summed E-state index contributed by atoms with van der Waals surface area (Å²) in [6.07, 6.45) is 2.07. The van der Waals surface area contributed by atoms with Crippen molar-refractivity contribution < 1.29 is 0 Å². The molecule has 1 saturated heterocycles. The van der Waals surface area contributed by atoms with E-state index in [4.69, 9.17) is 10.7 Å². The topological polar surface area (TPSA) is 103 Å². The van der Waals surface area contributed by atoms with Crippen molar-refractivity contribution in [2.45, 2.75) is 18.8 Å². The first-order valence-electron chi connectivity index (χ1n) is 8.12. The SMILES string of the molecule is N#Cc1c(N)nc(-c2cc3ccccc3[nH]2)nc1C1CCCNC1. The van der Waals surface area contributed by atoms with Gasteiger partial charge in [-0.1, -0.05) is 18.2 Å². The molecule has 6 heteroatoms. The van der Waals surface area contributed by atoms with E-state index >= 15 is 0 Å². The third-order valence-electron chi connectivity index (χ3n) is 4.53. The lowest BCUT2D eigenvalue weighted by Crippen LogP contribution is -2.29. The minimum Gasteiger partial charge on any atom is -0.382 e. The van der Waals surface area contributed by atoms with E-state index in [1.807, 2.05) is 30.3 Å². The first kappa shape index (κ1) is 14.7. The minimum absolute atomic E-state index is 0.196. The van der Waals surface area contributed by atoms with Gasteiger partial charge in [0.05, 0.1) is 11.4 Å². The van der Waals surface area contributed by atoms with Gasteiger partial charge in [0, 0.05) is 23.4 Å². The number of nitrogens with zero attached hydrogens (tertiary/aromatic N) is 3. The molecule has 0 saturated carbocycles. The second-order valence-electron chi connectivity index (χ2n) is 6.12. The van der Waals surface area contributed by atoms with E-state index in [-0.39, 0.29) is 11.7 Å². The summed E-state index contributed by atoms with van der Waals surface area (Å²) in [4.78, 5) is 12.4. The normalized spacial score (nSPS) is 17.7. The van der Waals surface area contributed by atoms with Gasteiger partial charge in [0.2, 0.25) is 0 Å². The highest BCUT2D eigenvalue weighted by molar-refractivity contribution is 5.84. The van der Waals surface area contributed by atoms with Crippen LogP contribution in [0.2, 0.25) is 0 Å². The van der Waals surface area contributed by atoms with Gasteiger partial charge >= 0.3 is 0 Å². The molecular formula is C18H18N6. The van der Waals surface area contributed by atoms with Crippen LogP contribution in [0.15, 0.2) is 30.3 Å². The van der Waals surface area contributed by atoms with Crippen LogP contribution >= 0.6 is 0 Å². The molecule has 1 unspecified atom stereocenters. The van der Waals surface area contributed by atoms with Crippen molar-refractivity contribution in [3.63, 3.8) is 0 Å². The van der Waals surface area contributed by atoms with E-state index in [9.17, 15) is 5.26 Å². The molecule has 0 radical (unpaired) electrons. The van der Waals surface area contributed by atoms with E-state index in [0.717, 1.165) is 48.2 Å². The van der Waals surface area contributed by atoms with Crippen molar-refractivity contribution in [1.82, 2.24) is 20.3 Å². The maximum Gasteiger partial charge on any atom is 0.178 e. The van der Waals surface area contributed by atoms with Crippen molar-refractivity contribution in [2.75, 3.05) is 18.8 Å². The van der Waals surface area contributed by atoms with Gasteiger partial charge in [0.25, 0.3) is 0 Å². The van der Waals surface area contributed by atoms with Crippen LogP contribution in [0.25, 0.3) is 22.4 Å². The fraction of sp³-hybridized carbons (Fsp3) is 0.278. The molecule has 0 aliphatic carbocycles. The van der Waals surface area contributed by atoms with Crippen LogP contribution in [0, 0.1) is 11.3 Å². The number of benzene rings is 1. The lowest BCUT2D eigenvalue weighted by atomic mass is 9.93. The number of rotatable bonds is 2. The molecule has 3 aromatic rings. The molecule has 2 aromatic heterocycles. The zero-order valence-corrected chi connectivity index (χ0v) is 13.2. The van der Waals surface area contributed by atoms with Crippen LogP contribution in [0.3, 0.4) is 0 Å². The number of hydrogen-bond donors (Lipinski definition) is 3. The van der Waals surface area contributed by atoms with Gasteiger partial charge in [-0.25, -0.2) is 9.97 Å². The average molecular weight is 318 g/mol. The van der Waals surface area contributed by atoms with E-state index in [2.05, 4.69) is 21.4 Å². The summed E-state index contributed by atoms with van der Waals surface area (Å²) in [5.74, 6) is 0.992. The third-order valence-corrected chi connectivity index (χ3v) is 4.53. The van der Waals surface area contributed by atoms with Crippen molar-refractivity contribution in [3.8, 4) is 17.6 Å². The Hall–Kier alpha value is -2.91. The molecule has 6 nitrogen and oxygen atoms in total. The largest absolute Gasteiger partial charge is 0.382 e. The Morgan fingerprint density at radius 3 is 2.88 bits per heavy atom. The summed E-state index contributed by atoms with van der Waals surface area (Å²) in [6, 6.07) is 12.2. The van der Waals surface area contributed by atoms with E-state index in [1.54, 1.807) is 0 Å². The van der Waals surface area contributed by atoms with Crippen molar-refractivity contribution in [3.05, 3.63) is 41.6 Å². The first-order valence-corrected chi connectivity index (χ1v) is 8.12. The van der Waals surface area contributed by atoms with Crippen molar-refractivity contribution >= 4 is 16.7 Å². The fourth-order valence-electron chi connectivity index (χ4n) is 3.31. The predicted octanol–water partition coefficient (Wildman–Crippen LogP) is 2.55. The fourth-order valence-corrected chi connectivity index (χ4v) is 3.31. The van der Waals surface area contributed by atoms with Crippen molar-refractivity contribution in [2.24, 2.45) is 0 Å². The zero-order valence-electron chi connectivity index (χ0n) is 13.2. The second-order valence-corrected chi connectivity index (χ2v) is 6.12. The summed E-state index contributed by atoms with van der Waals surface area (Å²) in [7, 11) is 0. The summed E-state index contributed by atoms with van der Waals surface area (Å²) in [6.45, 7) is 1.82. The Kier molecular flexibility index (Phi) is 3.63. The monoisotopic (exact) mass is 318 g/mol. The second kappa shape index (κ2) is 5.95. The number of para-hydroxylation sites is 1. The molecule has 0 amide bonds. The van der Waals surface area contributed by atoms with Gasteiger partial charge in [0.15, 0.2) is 5.82 Å². The van der Waals surface area contributed by atoms with Crippen LogP contribution in [-0.4, -0.2) is 28.0 Å². The number of nitrogens with one attached hydrogen (secondary N) is 2. The Morgan fingerprint density at radius 1 is 1.25 bits per heavy atom. The molecule has 1 aliphatic rings. The maximum absolute atomic E-state index is 9.47. The first-order chi connectivity index (χ1) is 11.8. The lowest BCUT2D eigenvalue weighted by Gasteiger charge is -2.23. The number of H-pyrrole nitrogens is 1. The molecule has 3 heterocycles. The minimum atomic E-state index is 0.196. The molecule has 1 fully saturated rings. The van der Waals surface area contributed by atoms with Gasteiger partial charge in [-0.05, 0) is 31.5 Å². The Morgan fingerprint density at radius 2 is 2.12 bits per heavy atom. The van der Waals surface area contributed by atoms with Crippen molar-refractivity contribution in [1.29, 1.82) is 5.26 Å². The van der Waals surface area contributed by atoms with Crippen LogP contribution < -0.4 is 11.1 Å². The van der Waals surface area contributed by atoms with Crippen LogP contribution in [0.4, 0.5) is 5.82 Å². The maximum atomic E-state index is 9.47. The molecule has 4 N–H and O–H groups in total. The number of fused-ring (bicyclic) bond motifs is 1. The smallest absolute Gasteiger partial charge is 0.178 e. The number of aromatic amines is 1. The molecule has 24 heavy (non-hydrogen) atoms. The number of piperidine rings is 1. The Labute approximate surface area is 139 Å². The van der Waals surface area contributed by atoms with E-state index < -0.39 is 0 Å². The standard InChI is InChI=1S/C18H18N6/c19-9-13-16(12-5-3-7-21-10-12)23-18(24-17(13)20)15-8-11-4-1-2-6-14(11)22-15/h1-2,4,6,8,12,21-22H,3,5,7,10H2,(H2,20,23,24). The highest BCUT2D eigenvalue weighted by Gasteiger charge is 2.23. The number of anilines is 1. The highest BCUT2D eigenvalue weighted by Crippen LogP contribution is 2.30. The predicted molar refractivity (Wildman–Crippen MR) is 93.3 cm³/mol. The average Bonchev–Trinajstić information content (AvgIpc) is 3.06. The van der Waals surface area contributed by atoms with E-state index in [1.165, 1.54) is 0 Å². The van der Waals surface area contributed by atoms with Crippen LogP contribution in [0.5, 0.6) is 0 Å². The Balaban J connectivity index is 1.84. The summed E-state index contributed by atoms with van der Waals surface area (Å²) < 4.78 is 0. The molecule has 1 aromatic carbocycles. The molecule has 0 spiro atoms. The molecule has 1 aliphatic heterocycles. The third kappa shape index (κ3) is 2.49. The number of nitrogens with two attached hydrogens (primary N) is 1. The van der Waals surface area contributed by atoms with Gasteiger partial charge in [0.1, 0.15) is 17.5 Å². The molecular weight excluding hydrogens is 300 g/mol. The van der Waals surface area contributed by atoms with Gasteiger partial charge in [-0.2, -0.15) is 5.26 Å². The quantitative estimate of drug-likeness (QED) is 0.673. The number of nitriles is 1. The summed E-state index contributed by atoms with van der Waals surface area (Å²) in [5, 5.41) is 13.9. The molecule has 1 atom stereocenters. The van der Waals surface area contributed by atoms with Gasteiger partial charge in [-0.3, -0.25) is 0 Å². The number of aromatic nitrogens is 3. The van der Waals surface area contributed by atoms with Crippen LogP contribution in [0.1, 0.15) is 30.0 Å². The highest BCUT2D eigenvalue weighted by atomic mass is 15.0. The molecule has 120 valence electrons. The molecule has 4 rings (SSSR count). The molecule has 0 bridgehead atoms. The van der Waals surface area contributed by atoms with E-state index in [0.29, 0.717) is 11.4 Å². The number of nitrogen functional groups attached to an aromatic ring is 1. The van der Waals surface area contributed by atoms with Gasteiger partial charge < -0.3 is 16.0 Å². The van der Waals surface area contributed by atoms with Crippen LogP contribution in [-0.2, 0) is 0 Å². The number of hydrogen-bond acceptors (Lipinski definition) is 5.